The quantitative estimate of drug-likeness (QED) is 0.528. The standard InChI is InChI=1S/C17H15ClFN3O2/c1-10(7-15(23)24-2)22-6-5-11-3-4-12(8-14(11)22)16-13(19)9-20-17(18)21-16/h3-6,8-10H,7H2,1-2H3. The lowest BCUT2D eigenvalue weighted by atomic mass is 10.1. The van der Waals surface area contributed by atoms with Crippen LogP contribution in [0.2, 0.25) is 5.28 Å². The zero-order chi connectivity index (χ0) is 17.3. The van der Waals surface area contributed by atoms with Gasteiger partial charge in [0, 0.05) is 23.3 Å². The average molecular weight is 348 g/mol. The average Bonchev–Trinajstić information content (AvgIpc) is 3.00. The van der Waals surface area contributed by atoms with Gasteiger partial charge in [-0.2, -0.15) is 0 Å². The van der Waals surface area contributed by atoms with E-state index < -0.39 is 5.82 Å². The molecular weight excluding hydrogens is 333 g/mol. The molecule has 24 heavy (non-hydrogen) atoms. The molecule has 0 saturated carbocycles. The Morgan fingerprint density at radius 1 is 1.42 bits per heavy atom. The molecule has 1 atom stereocenters. The summed E-state index contributed by atoms with van der Waals surface area (Å²) in [6, 6.07) is 7.33. The van der Waals surface area contributed by atoms with Gasteiger partial charge in [0.25, 0.3) is 0 Å². The lowest BCUT2D eigenvalue weighted by molar-refractivity contribution is -0.141. The summed E-state index contributed by atoms with van der Waals surface area (Å²) in [6.45, 7) is 1.92. The number of rotatable bonds is 4. The van der Waals surface area contributed by atoms with Crippen molar-refractivity contribution in [2.24, 2.45) is 0 Å². The third-order valence-electron chi connectivity index (χ3n) is 3.88. The number of esters is 1. The fraction of sp³-hybridized carbons (Fsp3) is 0.235. The fourth-order valence-electron chi connectivity index (χ4n) is 2.65. The van der Waals surface area contributed by atoms with Gasteiger partial charge in [-0.25, -0.2) is 14.4 Å². The van der Waals surface area contributed by atoms with Crippen LogP contribution in [0.1, 0.15) is 19.4 Å². The Bertz CT molecular complexity index is 910. The van der Waals surface area contributed by atoms with E-state index in [0.29, 0.717) is 5.56 Å². The highest BCUT2D eigenvalue weighted by molar-refractivity contribution is 6.28. The zero-order valence-electron chi connectivity index (χ0n) is 13.2. The molecule has 1 unspecified atom stereocenters. The van der Waals surface area contributed by atoms with Gasteiger partial charge in [-0.15, -0.1) is 0 Å². The van der Waals surface area contributed by atoms with E-state index in [0.717, 1.165) is 17.1 Å². The van der Waals surface area contributed by atoms with E-state index >= 15 is 0 Å². The fourth-order valence-corrected chi connectivity index (χ4v) is 2.79. The van der Waals surface area contributed by atoms with Crippen molar-refractivity contribution in [3.05, 3.63) is 47.8 Å². The van der Waals surface area contributed by atoms with E-state index in [1.54, 1.807) is 6.07 Å². The molecule has 0 bridgehead atoms. The minimum Gasteiger partial charge on any atom is -0.469 e. The molecule has 0 fully saturated rings. The SMILES string of the molecule is COC(=O)CC(C)n1ccc2ccc(-c3nc(Cl)ncc3F)cc21. The minimum absolute atomic E-state index is 0.0130. The summed E-state index contributed by atoms with van der Waals surface area (Å²) in [5.74, 6) is -0.825. The van der Waals surface area contributed by atoms with Gasteiger partial charge in [-0.1, -0.05) is 12.1 Å². The number of hydrogen-bond acceptors (Lipinski definition) is 4. The first kappa shape index (κ1) is 16.4. The van der Waals surface area contributed by atoms with Crippen LogP contribution in [0.5, 0.6) is 0 Å². The molecule has 0 spiro atoms. The number of carbonyl (C=O) groups is 1. The van der Waals surface area contributed by atoms with Gasteiger partial charge in [0.15, 0.2) is 5.82 Å². The number of methoxy groups -OCH3 is 1. The van der Waals surface area contributed by atoms with E-state index in [2.05, 4.69) is 9.97 Å². The summed E-state index contributed by atoms with van der Waals surface area (Å²) in [5, 5.41) is 0.969. The first-order chi connectivity index (χ1) is 11.5. The van der Waals surface area contributed by atoms with Gasteiger partial charge >= 0.3 is 5.97 Å². The number of fused-ring (bicyclic) bond motifs is 1. The summed E-state index contributed by atoms with van der Waals surface area (Å²) in [4.78, 5) is 19.1. The molecule has 124 valence electrons. The molecule has 0 aliphatic carbocycles. The predicted molar refractivity (Wildman–Crippen MR) is 89.3 cm³/mol. The molecule has 0 N–H and O–H groups in total. The number of benzene rings is 1. The summed E-state index contributed by atoms with van der Waals surface area (Å²) in [7, 11) is 1.36. The van der Waals surface area contributed by atoms with Crippen LogP contribution in [0.4, 0.5) is 4.39 Å². The first-order valence-corrected chi connectivity index (χ1v) is 7.73. The highest BCUT2D eigenvalue weighted by Gasteiger charge is 2.15. The third kappa shape index (κ3) is 3.10. The van der Waals surface area contributed by atoms with Crippen molar-refractivity contribution in [2.45, 2.75) is 19.4 Å². The molecule has 5 nitrogen and oxygen atoms in total. The van der Waals surface area contributed by atoms with Crippen molar-refractivity contribution in [3.8, 4) is 11.3 Å². The van der Waals surface area contributed by atoms with Gasteiger partial charge in [-0.3, -0.25) is 4.79 Å². The number of aromatic nitrogens is 3. The van der Waals surface area contributed by atoms with Gasteiger partial charge in [0.05, 0.1) is 19.7 Å². The monoisotopic (exact) mass is 347 g/mol. The van der Waals surface area contributed by atoms with Crippen LogP contribution in [0.3, 0.4) is 0 Å². The van der Waals surface area contributed by atoms with Crippen molar-refractivity contribution < 1.29 is 13.9 Å². The second-order valence-electron chi connectivity index (χ2n) is 5.46. The molecule has 7 heteroatoms. The van der Waals surface area contributed by atoms with Crippen molar-refractivity contribution >= 4 is 28.5 Å². The van der Waals surface area contributed by atoms with Gasteiger partial charge < -0.3 is 9.30 Å². The topological polar surface area (TPSA) is 57.0 Å². The second-order valence-corrected chi connectivity index (χ2v) is 5.80. The van der Waals surface area contributed by atoms with Gasteiger partial charge in [-0.05, 0) is 36.0 Å². The smallest absolute Gasteiger partial charge is 0.307 e. The number of hydrogen-bond donors (Lipinski definition) is 0. The van der Waals surface area contributed by atoms with Crippen LogP contribution in [0.25, 0.3) is 22.2 Å². The number of nitrogens with zero attached hydrogens (tertiary/aromatic N) is 3. The molecule has 1 aromatic carbocycles. The minimum atomic E-state index is -0.542. The van der Waals surface area contributed by atoms with Crippen molar-refractivity contribution in [1.82, 2.24) is 14.5 Å². The Balaban J connectivity index is 2.05. The Labute approximate surface area is 143 Å². The molecule has 2 heterocycles. The van der Waals surface area contributed by atoms with Gasteiger partial charge in [0.2, 0.25) is 5.28 Å². The zero-order valence-corrected chi connectivity index (χ0v) is 13.9. The Kier molecular flexibility index (Phi) is 4.49. The van der Waals surface area contributed by atoms with Crippen molar-refractivity contribution in [1.29, 1.82) is 0 Å². The highest BCUT2D eigenvalue weighted by atomic mass is 35.5. The summed E-state index contributed by atoms with van der Waals surface area (Å²) < 4.78 is 20.7. The number of halogens is 2. The third-order valence-corrected chi connectivity index (χ3v) is 4.06. The normalized spacial score (nSPS) is 12.3. The van der Waals surface area contributed by atoms with Gasteiger partial charge in [0.1, 0.15) is 5.69 Å². The second kappa shape index (κ2) is 6.57. The molecule has 0 saturated heterocycles. The Hall–Kier alpha value is -2.47. The van der Waals surface area contributed by atoms with Crippen LogP contribution in [-0.4, -0.2) is 27.6 Å². The number of carbonyl (C=O) groups excluding carboxylic acids is 1. The van der Waals surface area contributed by atoms with Crippen molar-refractivity contribution in [2.75, 3.05) is 7.11 Å². The van der Waals surface area contributed by atoms with E-state index in [1.165, 1.54) is 7.11 Å². The molecule has 2 aromatic heterocycles. The number of ether oxygens (including phenoxy) is 1. The molecule has 0 radical (unpaired) electrons. The predicted octanol–water partition coefficient (Wildman–Crippen LogP) is 4.01. The van der Waals surface area contributed by atoms with E-state index in [4.69, 9.17) is 16.3 Å². The van der Waals surface area contributed by atoms with Crippen LogP contribution in [0, 0.1) is 5.82 Å². The molecule has 3 aromatic rings. The molecule has 0 aliphatic heterocycles. The molecule has 0 aliphatic rings. The molecule has 3 rings (SSSR count). The van der Waals surface area contributed by atoms with E-state index in [9.17, 15) is 9.18 Å². The maximum Gasteiger partial charge on any atom is 0.307 e. The summed E-state index contributed by atoms with van der Waals surface area (Å²) >= 11 is 5.77. The Morgan fingerprint density at radius 2 is 2.21 bits per heavy atom. The Morgan fingerprint density at radius 3 is 2.96 bits per heavy atom. The van der Waals surface area contributed by atoms with E-state index in [-0.39, 0.29) is 29.4 Å². The maximum absolute atomic E-state index is 14.0. The first-order valence-electron chi connectivity index (χ1n) is 7.35. The summed E-state index contributed by atoms with van der Waals surface area (Å²) in [6.07, 6.45) is 3.19. The highest BCUT2D eigenvalue weighted by Crippen LogP contribution is 2.28. The molecular formula is C17H15ClFN3O2. The lowest BCUT2D eigenvalue weighted by Crippen LogP contribution is -2.11. The largest absolute Gasteiger partial charge is 0.469 e. The van der Waals surface area contributed by atoms with Crippen molar-refractivity contribution in [3.63, 3.8) is 0 Å². The lowest BCUT2D eigenvalue weighted by Gasteiger charge is -2.14. The maximum atomic E-state index is 14.0. The van der Waals surface area contributed by atoms with Crippen LogP contribution in [-0.2, 0) is 9.53 Å². The van der Waals surface area contributed by atoms with Crippen LogP contribution < -0.4 is 0 Å². The summed E-state index contributed by atoms with van der Waals surface area (Å²) in [5.41, 5.74) is 1.61. The van der Waals surface area contributed by atoms with E-state index in [1.807, 2.05) is 35.9 Å². The molecule has 0 amide bonds. The van der Waals surface area contributed by atoms with Crippen LogP contribution >= 0.6 is 11.6 Å². The van der Waals surface area contributed by atoms with Crippen LogP contribution in [0.15, 0.2) is 36.7 Å².